The Morgan fingerprint density at radius 3 is 3.00 bits per heavy atom. The molecule has 3 aromatic heterocycles. The van der Waals surface area contributed by atoms with Crippen LogP contribution in [0.15, 0.2) is 40.0 Å². The van der Waals surface area contributed by atoms with Crippen molar-refractivity contribution in [2.24, 2.45) is 11.8 Å². The Hall–Kier alpha value is -2.90. The molecule has 0 aromatic carbocycles. The molecule has 0 saturated heterocycles. The third kappa shape index (κ3) is 3.39. The van der Waals surface area contributed by atoms with Crippen LogP contribution in [0.5, 0.6) is 0 Å². The van der Waals surface area contributed by atoms with Gasteiger partial charge in [0.2, 0.25) is 5.91 Å². The summed E-state index contributed by atoms with van der Waals surface area (Å²) in [6, 6.07) is 5.32. The van der Waals surface area contributed by atoms with Crippen molar-refractivity contribution in [3.05, 3.63) is 41.1 Å². The highest BCUT2D eigenvalue weighted by Gasteiger charge is 2.28. The van der Waals surface area contributed by atoms with E-state index in [9.17, 15) is 9.59 Å². The number of hydrogen-bond acceptors (Lipinski definition) is 5. The van der Waals surface area contributed by atoms with Crippen molar-refractivity contribution >= 4 is 11.4 Å². The highest BCUT2D eigenvalue weighted by atomic mass is 16.3. The van der Waals surface area contributed by atoms with E-state index in [1.807, 2.05) is 0 Å². The van der Waals surface area contributed by atoms with Crippen LogP contribution in [0.25, 0.3) is 17.0 Å². The summed E-state index contributed by atoms with van der Waals surface area (Å²) in [6.07, 6.45) is 6.28. The number of carbonyl (C=O) groups excluding carboxylic acids is 1. The summed E-state index contributed by atoms with van der Waals surface area (Å²) >= 11 is 0. The average molecular weight is 369 g/mol. The van der Waals surface area contributed by atoms with E-state index >= 15 is 0 Å². The monoisotopic (exact) mass is 369 g/mol. The van der Waals surface area contributed by atoms with Gasteiger partial charge in [-0.1, -0.05) is 26.7 Å². The quantitative estimate of drug-likeness (QED) is 0.760. The SMILES string of the molecule is C[C@@H]1[C@H](C)CCC[C@H]1NC(=O)Cn1ncn2nc(-c3ccco3)cc2c1=O. The predicted octanol–water partition coefficient (Wildman–Crippen LogP) is 2.09. The third-order valence-corrected chi connectivity index (χ3v) is 5.61. The zero-order valence-corrected chi connectivity index (χ0v) is 15.5. The van der Waals surface area contributed by atoms with Crippen molar-refractivity contribution in [1.82, 2.24) is 24.7 Å². The number of rotatable bonds is 4. The molecule has 3 aromatic rings. The second-order valence-electron chi connectivity index (χ2n) is 7.37. The van der Waals surface area contributed by atoms with Gasteiger partial charge in [0.05, 0.1) is 6.26 Å². The summed E-state index contributed by atoms with van der Waals surface area (Å²) < 4.78 is 7.90. The molecule has 0 aliphatic heterocycles. The smallest absolute Gasteiger partial charge is 0.293 e. The maximum atomic E-state index is 12.7. The minimum absolute atomic E-state index is 0.103. The van der Waals surface area contributed by atoms with Crippen LogP contribution in [-0.4, -0.2) is 31.3 Å². The van der Waals surface area contributed by atoms with Crippen LogP contribution in [-0.2, 0) is 11.3 Å². The summed E-state index contributed by atoms with van der Waals surface area (Å²) in [7, 11) is 0. The van der Waals surface area contributed by atoms with Crippen LogP contribution in [0.1, 0.15) is 33.1 Å². The van der Waals surface area contributed by atoms with Crippen molar-refractivity contribution in [3.8, 4) is 11.5 Å². The molecule has 0 bridgehead atoms. The van der Waals surface area contributed by atoms with Crippen molar-refractivity contribution in [2.75, 3.05) is 0 Å². The predicted molar refractivity (Wildman–Crippen MR) is 99.1 cm³/mol. The summed E-state index contributed by atoms with van der Waals surface area (Å²) in [4.78, 5) is 25.1. The third-order valence-electron chi connectivity index (χ3n) is 5.61. The molecule has 4 rings (SSSR count). The van der Waals surface area contributed by atoms with E-state index < -0.39 is 0 Å². The van der Waals surface area contributed by atoms with Gasteiger partial charge in [0.25, 0.3) is 5.56 Å². The van der Waals surface area contributed by atoms with E-state index in [-0.39, 0.29) is 24.1 Å². The average Bonchev–Trinajstić information content (AvgIpc) is 3.31. The summed E-state index contributed by atoms with van der Waals surface area (Å²) in [5.74, 6) is 1.40. The fraction of sp³-hybridized carbons (Fsp3) is 0.474. The van der Waals surface area contributed by atoms with E-state index in [1.165, 1.54) is 21.9 Å². The Morgan fingerprint density at radius 2 is 2.22 bits per heavy atom. The number of amides is 1. The molecule has 3 heterocycles. The minimum Gasteiger partial charge on any atom is -0.463 e. The van der Waals surface area contributed by atoms with Crippen LogP contribution in [0.4, 0.5) is 0 Å². The maximum absolute atomic E-state index is 12.7. The van der Waals surface area contributed by atoms with Gasteiger partial charge in [-0.05, 0) is 30.4 Å². The first-order chi connectivity index (χ1) is 13.0. The van der Waals surface area contributed by atoms with Gasteiger partial charge in [-0.3, -0.25) is 9.59 Å². The molecule has 0 radical (unpaired) electrons. The van der Waals surface area contributed by atoms with E-state index in [0.717, 1.165) is 12.8 Å². The second-order valence-corrected chi connectivity index (χ2v) is 7.37. The second kappa shape index (κ2) is 7.02. The molecule has 1 aliphatic rings. The van der Waals surface area contributed by atoms with Gasteiger partial charge in [0, 0.05) is 12.1 Å². The first-order valence-corrected chi connectivity index (χ1v) is 9.31. The van der Waals surface area contributed by atoms with E-state index in [0.29, 0.717) is 28.8 Å². The molecule has 1 aliphatic carbocycles. The molecular formula is C19H23N5O3. The lowest BCUT2D eigenvalue weighted by Crippen LogP contribution is -2.45. The number of fused-ring (bicyclic) bond motifs is 1. The molecule has 8 heteroatoms. The number of furan rings is 1. The molecule has 0 spiro atoms. The fourth-order valence-corrected chi connectivity index (χ4v) is 3.77. The number of nitrogens with zero attached hydrogens (tertiary/aromatic N) is 4. The lowest BCUT2D eigenvalue weighted by Gasteiger charge is -2.34. The van der Waals surface area contributed by atoms with E-state index in [4.69, 9.17) is 4.42 Å². The van der Waals surface area contributed by atoms with Gasteiger partial charge in [-0.25, -0.2) is 9.20 Å². The van der Waals surface area contributed by atoms with Gasteiger partial charge >= 0.3 is 0 Å². The van der Waals surface area contributed by atoms with Gasteiger partial charge in [-0.15, -0.1) is 0 Å². The van der Waals surface area contributed by atoms with Crippen LogP contribution >= 0.6 is 0 Å². The maximum Gasteiger partial charge on any atom is 0.293 e. The van der Waals surface area contributed by atoms with Crippen LogP contribution < -0.4 is 10.9 Å². The standard InChI is InChI=1S/C19H23N5O3/c1-12-5-3-6-14(13(12)2)21-18(25)10-23-19(26)16-9-15(17-7-4-8-27-17)22-24(16)11-20-23/h4,7-9,11-14H,3,5-6,10H2,1-2H3,(H,21,25)/t12-,13-,14-/m1/s1. The molecule has 1 amide bonds. The van der Waals surface area contributed by atoms with Gasteiger partial charge in [0.1, 0.15) is 24.1 Å². The lowest BCUT2D eigenvalue weighted by molar-refractivity contribution is -0.123. The Labute approximate surface area is 156 Å². The van der Waals surface area contributed by atoms with E-state index in [2.05, 4.69) is 29.4 Å². The molecule has 3 atom stereocenters. The zero-order valence-electron chi connectivity index (χ0n) is 15.5. The first-order valence-electron chi connectivity index (χ1n) is 9.31. The Bertz CT molecular complexity index is 1000. The van der Waals surface area contributed by atoms with E-state index in [1.54, 1.807) is 24.5 Å². The molecule has 142 valence electrons. The highest BCUT2D eigenvalue weighted by Crippen LogP contribution is 2.29. The Morgan fingerprint density at radius 1 is 1.37 bits per heavy atom. The number of aromatic nitrogens is 4. The molecule has 1 fully saturated rings. The topological polar surface area (TPSA) is 94.4 Å². The molecule has 1 N–H and O–H groups in total. The number of carbonyl (C=O) groups is 1. The van der Waals surface area contributed by atoms with Crippen molar-refractivity contribution in [1.29, 1.82) is 0 Å². The molecule has 27 heavy (non-hydrogen) atoms. The largest absolute Gasteiger partial charge is 0.463 e. The van der Waals surface area contributed by atoms with Crippen molar-refractivity contribution < 1.29 is 9.21 Å². The van der Waals surface area contributed by atoms with Gasteiger partial charge < -0.3 is 9.73 Å². The summed E-state index contributed by atoms with van der Waals surface area (Å²) in [5.41, 5.74) is 0.540. The van der Waals surface area contributed by atoms with Gasteiger partial charge in [-0.2, -0.15) is 10.2 Å². The van der Waals surface area contributed by atoms with Crippen LogP contribution in [0.3, 0.4) is 0 Å². The number of nitrogens with one attached hydrogen (secondary N) is 1. The Kier molecular flexibility index (Phi) is 4.55. The molecule has 8 nitrogen and oxygen atoms in total. The normalized spacial score (nSPS) is 22.8. The first kappa shape index (κ1) is 17.5. The van der Waals surface area contributed by atoms with Crippen LogP contribution in [0, 0.1) is 11.8 Å². The Balaban J connectivity index is 1.52. The number of hydrogen-bond donors (Lipinski definition) is 1. The molecule has 0 unspecified atom stereocenters. The summed E-state index contributed by atoms with van der Waals surface area (Å²) in [6.45, 7) is 4.29. The summed E-state index contributed by atoms with van der Waals surface area (Å²) in [5, 5.41) is 11.5. The van der Waals surface area contributed by atoms with Crippen molar-refractivity contribution in [2.45, 2.75) is 45.7 Å². The highest BCUT2D eigenvalue weighted by molar-refractivity contribution is 5.76. The van der Waals surface area contributed by atoms with Gasteiger partial charge in [0.15, 0.2) is 5.76 Å². The fourth-order valence-electron chi connectivity index (χ4n) is 3.77. The molecular weight excluding hydrogens is 346 g/mol. The minimum atomic E-state index is -0.358. The van der Waals surface area contributed by atoms with Crippen LogP contribution in [0.2, 0.25) is 0 Å². The van der Waals surface area contributed by atoms with Crippen molar-refractivity contribution in [3.63, 3.8) is 0 Å². The lowest BCUT2D eigenvalue weighted by atomic mass is 9.78. The molecule has 1 saturated carbocycles. The zero-order chi connectivity index (χ0) is 19.0.